The Morgan fingerprint density at radius 1 is 1.47 bits per heavy atom. The van der Waals surface area contributed by atoms with E-state index in [-0.39, 0.29) is 0 Å². The molecule has 1 fully saturated rings. The molecule has 1 aliphatic rings. The first-order chi connectivity index (χ1) is 8.96. The Hall–Kier alpha value is -0.860. The summed E-state index contributed by atoms with van der Waals surface area (Å²) in [5.74, 6) is 1.35. The van der Waals surface area contributed by atoms with Gasteiger partial charge in [0.1, 0.15) is 0 Å². The second-order valence-corrected chi connectivity index (χ2v) is 6.53. The van der Waals surface area contributed by atoms with E-state index in [1.165, 1.54) is 0 Å². The lowest BCUT2D eigenvalue weighted by molar-refractivity contribution is 0.157. The average Bonchev–Trinajstić information content (AvgIpc) is 2.77. The van der Waals surface area contributed by atoms with E-state index in [1.807, 2.05) is 0 Å². The number of ether oxygens (including phenoxy) is 1. The number of hydrogen-bond donors (Lipinski definition) is 2. The molecule has 7 nitrogen and oxygen atoms in total. The zero-order chi connectivity index (χ0) is 14.3. The van der Waals surface area contributed by atoms with E-state index in [2.05, 4.69) is 19.9 Å². The molecule has 1 unspecified atom stereocenters. The van der Waals surface area contributed by atoms with Gasteiger partial charge in [0.25, 0.3) is 0 Å². The number of methoxy groups -OCH3 is 1. The smallest absolute Gasteiger partial charge is 0.208 e. The fourth-order valence-corrected chi connectivity index (χ4v) is 2.61. The lowest BCUT2D eigenvalue weighted by Gasteiger charge is -2.21. The van der Waals surface area contributed by atoms with Gasteiger partial charge in [-0.15, -0.1) is 0 Å². The van der Waals surface area contributed by atoms with Gasteiger partial charge in [-0.2, -0.15) is 0 Å². The van der Waals surface area contributed by atoms with Crippen molar-refractivity contribution < 1.29 is 13.2 Å². The van der Waals surface area contributed by atoms with Crippen LogP contribution in [0.3, 0.4) is 0 Å². The van der Waals surface area contributed by atoms with E-state index in [1.54, 1.807) is 14.2 Å². The SMILES string of the molecule is CN=C(NCCNS(C)(=O)=O)N1CCC(COC)C1. The zero-order valence-corrected chi connectivity index (χ0v) is 12.7. The molecule has 1 saturated heterocycles. The molecule has 0 bridgehead atoms. The molecule has 19 heavy (non-hydrogen) atoms. The number of nitrogens with zero attached hydrogens (tertiary/aromatic N) is 2. The Balaban J connectivity index is 2.31. The molecule has 1 atom stereocenters. The average molecular weight is 292 g/mol. The maximum absolute atomic E-state index is 10.9. The van der Waals surface area contributed by atoms with Crippen LogP contribution in [-0.4, -0.2) is 72.5 Å². The van der Waals surface area contributed by atoms with E-state index in [0.29, 0.717) is 19.0 Å². The minimum Gasteiger partial charge on any atom is -0.384 e. The Bertz CT molecular complexity index is 397. The van der Waals surface area contributed by atoms with E-state index >= 15 is 0 Å². The molecule has 112 valence electrons. The van der Waals surface area contributed by atoms with Crippen LogP contribution in [0.15, 0.2) is 4.99 Å². The van der Waals surface area contributed by atoms with Crippen molar-refractivity contribution >= 4 is 16.0 Å². The van der Waals surface area contributed by atoms with Gasteiger partial charge in [-0.1, -0.05) is 0 Å². The summed E-state index contributed by atoms with van der Waals surface area (Å²) in [6.07, 6.45) is 2.24. The maximum Gasteiger partial charge on any atom is 0.208 e. The number of likely N-dealkylation sites (tertiary alicyclic amines) is 1. The van der Waals surface area contributed by atoms with Crippen LogP contribution in [0.2, 0.25) is 0 Å². The van der Waals surface area contributed by atoms with Crippen LogP contribution in [0.25, 0.3) is 0 Å². The minimum absolute atomic E-state index is 0.354. The first kappa shape index (κ1) is 16.2. The summed E-state index contributed by atoms with van der Waals surface area (Å²) in [6.45, 7) is 3.52. The molecule has 0 amide bonds. The van der Waals surface area contributed by atoms with Crippen LogP contribution in [0.5, 0.6) is 0 Å². The fraction of sp³-hybridized carbons (Fsp3) is 0.909. The zero-order valence-electron chi connectivity index (χ0n) is 11.8. The quantitative estimate of drug-likeness (QED) is 0.376. The van der Waals surface area contributed by atoms with E-state index in [4.69, 9.17) is 4.74 Å². The van der Waals surface area contributed by atoms with Crippen molar-refractivity contribution in [2.24, 2.45) is 10.9 Å². The summed E-state index contributed by atoms with van der Waals surface area (Å²) in [4.78, 5) is 6.38. The molecule has 2 N–H and O–H groups in total. The number of hydrogen-bond acceptors (Lipinski definition) is 4. The third-order valence-electron chi connectivity index (χ3n) is 2.97. The summed E-state index contributed by atoms with van der Waals surface area (Å²) in [6, 6.07) is 0. The van der Waals surface area contributed by atoms with Gasteiger partial charge >= 0.3 is 0 Å². The number of sulfonamides is 1. The third-order valence-corrected chi connectivity index (χ3v) is 3.70. The van der Waals surface area contributed by atoms with Gasteiger partial charge in [0.15, 0.2) is 5.96 Å². The molecule has 1 heterocycles. The maximum atomic E-state index is 10.9. The van der Waals surface area contributed by atoms with Crippen molar-refractivity contribution in [3.63, 3.8) is 0 Å². The highest BCUT2D eigenvalue weighted by molar-refractivity contribution is 7.88. The van der Waals surface area contributed by atoms with Crippen LogP contribution >= 0.6 is 0 Å². The highest BCUT2D eigenvalue weighted by Crippen LogP contribution is 2.16. The number of aliphatic imine (C=N–C) groups is 1. The molecular formula is C11H24N4O3S. The molecule has 0 spiro atoms. The second-order valence-electron chi connectivity index (χ2n) is 4.70. The summed E-state index contributed by atoms with van der Waals surface area (Å²) in [5, 5.41) is 3.15. The Kier molecular flexibility index (Phi) is 6.53. The topological polar surface area (TPSA) is 83.0 Å². The molecule has 0 aromatic heterocycles. The van der Waals surface area contributed by atoms with E-state index < -0.39 is 10.0 Å². The second kappa shape index (κ2) is 7.66. The van der Waals surface area contributed by atoms with Crippen molar-refractivity contribution in [3.8, 4) is 0 Å². The Labute approximate surface area is 115 Å². The van der Waals surface area contributed by atoms with Gasteiger partial charge in [-0.05, 0) is 6.42 Å². The number of rotatable bonds is 6. The molecule has 8 heteroatoms. The van der Waals surface area contributed by atoms with Gasteiger partial charge in [-0.3, -0.25) is 4.99 Å². The molecule has 0 aliphatic carbocycles. The van der Waals surface area contributed by atoms with Crippen LogP contribution in [0, 0.1) is 5.92 Å². The number of nitrogens with one attached hydrogen (secondary N) is 2. The molecule has 1 aliphatic heterocycles. The molecular weight excluding hydrogens is 268 g/mol. The van der Waals surface area contributed by atoms with Crippen LogP contribution < -0.4 is 10.0 Å². The molecule has 0 aromatic rings. The molecule has 0 saturated carbocycles. The predicted molar refractivity (Wildman–Crippen MR) is 75.8 cm³/mol. The van der Waals surface area contributed by atoms with Crippen molar-refractivity contribution in [3.05, 3.63) is 0 Å². The molecule has 0 aromatic carbocycles. The Morgan fingerprint density at radius 2 is 2.21 bits per heavy atom. The minimum atomic E-state index is -3.12. The highest BCUT2D eigenvalue weighted by atomic mass is 32.2. The van der Waals surface area contributed by atoms with Crippen molar-refractivity contribution in [1.82, 2.24) is 14.9 Å². The van der Waals surface area contributed by atoms with Gasteiger partial charge in [0, 0.05) is 46.3 Å². The first-order valence-corrected chi connectivity index (χ1v) is 8.24. The lowest BCUT2D eigenvalue weighted by Crippen LogP contribution is -2.43. The predicted octanol–water partition coefficient (Wildman–Crippen LogP) is -0.921. The van der Waals surface area contributed by atoms with Gasteiger partial charge in [0.05, 0.1) is 12.9 Å². The van der Waals surface area contributed by atoms with Crippen LogP contribution in [0.1, 0.15) is 6.42 Å². The Morgan fingerprint density at radius 3 is 2.79 bits per heavy atom. The first-order valence-electron chi connectivity index (χ1n) is 6.35. The summed E-state index contributed by atoms with van der Waals surface area (Å²) < 4.78 is 29.4. The van der Waals surface area contributed by atoms with E-state index in [9.17, 15) is 8.42 Å². The van der Waals surface area contributed by atoms with E-state index in [0.717, 1.165) is 38.3 Å². The summed E-state index contributed by atoms with van der Waals surface area (Å²) in [5.41, 5.74) is 0. The van der Waals surface area contributed by atoms with Crippen molar-refractivity contribution in [2.75, 3.05) is 53.2 Å². The third kappa shape index (κ3) is 6.22. The fourth-order valence-electron chi connectivity index (χ4n) is 2.14. The van der Waals surface area contributed by atoms with Gasteiger partial charge < -0.3 is 15.0 Å². The number of guanidine groups is 1. The molecule has 0 radical (unpaired) electrons. The van der Waals surface area contributed by atoms with Crippen LogP contribution in [-0.2, 0) is 14.8 Å². The highest BCUT2D eigenvalue weighted by Gasteiger charge is 2.24. The lowest BCUT2D eigenvalue weighted by atomic mass is 10.1. The summed E-state index contributed by atoms with van der Waals surface area (Å²) >= 11 is 0. The largest absolute Gasteiger partial charge is 0.384 e. The van der Waals surface area contributed by atoms with Gasteiger partial charge in [-0.25, -0.2) is 13.1 Å². The van der Waals surface area contributed by atoms with Crippen LogP contribution in [0.4, 0.5) is 0 Å². The van der Waals surface area contributed by atoms with Crippen molar-refractivity contribution in [2.45, 2.75) is 6.42 Å². The summed E-state index contributed by atoms with van der Waals surface area (Å²) in [7, 11) is 0.323. The standard InChI is InChI=1S/C11H24N4O3S/c1-12-11(13-5-6-14-19(3,16)17)15-7-4-10(8-15)9-18-2/h10,14H,4-9H2,1-3H3,(H,12,13). The normalized spacial score (nSPS) is 20.9. The monoisotopic (exact) mass is 292 g/mol. The van der Waals surface area contributed by atoms with Crippen molar-refractivity contribution in [1.29, 1.82) is 0 Å². The van der Waals surface area contributed by atoms with Gasteiger partial charge in [0.2, 0.25) is 10.0 Å². The molecule has 1 rings (SSSR count).